The summed E-state index contributed by atoms with van der Waals surface area (Å²) in [6.07, 6.45) is 3.21. The van der Waals surface area contributed by atoms with Crippen LogP contribution in [0.1, 0.15) is 86.5 Å². The molecule has 0 aromatic heterocycles. The molecule has 5 saturated carbocycles. The molecule has 13 atom stereocenters. The second-order valence-corrected chi connectivity index (χ2v) is 14.6. The Morgan fingerprint density at radius 2 is 1.82 bits per heavy atom. The Morgan fingerprint density at radius 3 is 2.44 bits per heavy atom. The molecule has 0 aromatic carbocycles. The van der Waals surface area contributed by atoms with Gasteiger partial charge in [0, 0.05) is 43.1 Å². The van der Waals surface area contributed by atoms with Crippen LogP contribution in [0.4, 0.5) is 0 Å². The number of hydrogen-bond donors (Lipinski definition) is 3. The van der Waals surface area contributed by atoms with Crippen LogP contribution < -0.4 is 0 Å². The van der Waals surface area contributed by atoms with Crippen molar-refractivity contribution in [1.29, 1.82) is 0 Å². The predicted molar refractivity (Wildman–Crippen MR) is 145 cm³/mol. The van der Waals surface area contributed by atoms with Crippen LogP contribution in [-0.2, 0) is 19.1 Å². The maximum atomic E-state index is 13.2. The average Bonchev–Trinajstić information content (AvgIpc) is 3.52. The van der Waals surface area contributed by atoms with Crippen molar-refractivity contribution < 1.29 is 34.4 Å². The largest absolute Gasteiger partial charge is 0.462 e. The summed E-state index contributed by atoms with van der Waals surface area (Å²) in [5.74, 6) is -1.28. The molecule has 0 amide bonds. The SMILES string of the molecule is C=C(C(=O)[C@H](O)[C@@H](C)[C@H]1[C@@H](OC(C)=O)C[C@@]2(C)[C@@H]3CC[C@H]4[C@H](C)C(=O)C[C@H](O)[C@@]45C[C@@]35CC[C@]12C)[C@@H](C)CO. The lowest BCUT2D eigenvalue weighted by molar-refractivity contribution is -0.168. The minimum Gasteiger partial charge on any atom is -0.462 e. The third-order valence-corrected chi connectivity index (χ3v) is 13.4. The van der Waals surface area contributed by atoms with E-state index in [1.165, 1.54) is 6.92 Å². The molecule has 0 radical (unpaired) electrons. The number of carbonyl (C=O) groups excluding carboxylic acids is 3. The fraction of sp³-hybridized carbons (Fsp3) is 0.844. The summed E-state index contributed by atoms with van der Waals surface area (Å²) in [4.78, 5) is 38.2. The van der Waals surface area contributed by atoms with Crippen LogP contribution in [0.5, 0.6) is 0 Å². The lowest BCUT2D eigenvalue weighted by Gasteiger charge is -2.62. The Morgan fingerprint density at radius 1 is 1.15 bits per heavy atom. The smallest absolute Gasteiger partial charge is 0.302 e. The summed E-state index contributed by atoms with van der Waals surface area (Å²) >= 11 is 0. The Labute approximate surface area is 232 Å². The Balaban J connectivity index is 1.51. The molecule has 7 heteroatoms. The van der Waals surface area contributed by atoms with Gasteiger partial charge in [0.1, 0.15) is 18.0 Å². The van der Waals surface area contributed by atoms with Gasteiger partial charge < -0.3 is 20.1 Å². The van der Waals surface area contributed by atoms with E-state index in [2.05, 4.69) is 27.4 Å². The Hall–Kier alpha value is -1.57. The van der Waals surface area contributed by atoms with Crippen molar-refractivity contribution >= 4 is 17.5 Å². The van der Waals surface area contributed by atoms with Gasteiger partial charge in [-0.3, -0.25) is 14.4 Å². The number of Topliss-reactive ketones (excluding diaryl/α,β-unsaturated/α-hetero) is 2. The zero-order valence-electron chi connectivity index (χ0n) is 24.5. The van der Waals surface area contributed by atoms with Gasteiger partial charge >= 0.3 is 5.97 Å². The van der Waals surface area contributed by atoms with Crippen LogP contribution in [0.3, 0.4) is 0 Å². The summed E-state index contributed by atoms with van der Waals surface area (Å²) in [7, 11) is 0. The van der Waals surface area contributed by atoms with Crippen molar-refractivity contribution in [3.8, 4) is 0 Å². The topological polar surface area (TPSA) is 121 Å². The van der Waals surface area contributed by atoms with Crippen molar-refractivity contribution in [2.45, 2.75) is 105 Å². The minimum atomic E-state index is -1.31. The second-order valence-electron chi connectivity index (χ2n) is 14.6. The van der Waals surface area contributed by atoms with E-state index in [1.54, 1.807) is 6.92 Å². The molecule has 5 rings (SSSR count). The average molecular weight is 545 g/mol. The van der Waals surface area contributed by atoms with Gasteiger partial charge in [-0.05, 0) is 78.1 Å². The molecular formula is C32H48O7. The van der Waals surface area contributed by atoms with Crippen LogP contribution in [0.25, 0.3) is 0 Å². The van der Waals surface area contributed by atoms with Crippen molar-refractivity contribution in [3.05, 3.63) is 12.2 Å². The van der Waals surface area contributed by atoms with Crippen molar-refractivity contribution in [3.63, 3.8) is 0 Å². The number of ketones is 2. The van der Waals surface area contributed by atoms with Gasteiger partial charge in [0.15, 0.2) is 5.78 Å². The van der Waals surface area contributed by atoms with E-state index in [0.717, 1.165) is 32.1 Å². The summed E-state index contributed by atoms with van der Waals surface area (Å²) < 4.78 is 5.99. The molecule has 5 fully saturated rings. The molecule has 7 nitrogen and oxygen atoms in total. The zero-order valence-corrected chi connectivity index (χ0v) is 24.5. The highest BCUT2D eigenvalue weighted by Crippen LogP contribution is 2.88. The molecule has 0 aliphatic heterocycles. The fourth-order valence-electron chi connectivity index (χ4n) is 11.2. The summed E-state index contributed by atoms with van der Waals surface area (Å²) in [6, 6.07) is 0. The van der Waals surface area contributed by atoms with Crippen molar-refractivity contribution in [2.75, 3.05) is 6.61 Å². The minimum absolute atomic E-state index is 0.0171. The van der Waals surface area contributed by atoms with Gasteiger partial charge in [-0.15, -0.1) is 0 Å². The number of aliphatic hydroxyl groups is 3. The van der Waals surface area contributed by atoms with Gasteiger partial charge in [0.25, 0.3) is 0 Å². The van der Waals surface area contributed by atoms with Crippen molar-refractivity contribution in [2.24, 2.45) is 57.2 Å². The van der Waals surface area contributed by atoms with Crippen molar-refractivity contribution in [1.82, 2.24) is 0 Å². The lowest BCUT2D eigenvalue weighted by Crippen LogP contribution is -2.58. The van der Waals surface area contributed by atoms with E-state index in [4.69, 9.17) is 4.74 Å². The Kier molecular flexibility index (Phi) is 6.84. The van der Waals surface area contributed by atoms with Gasteiger partial charge in [-0.1, -0.05) is 41.2 Å². The molecule has 218 valence electrons. The predicted octanol–water partition coefficient (Wildman–Crippen LogP) is 3.87. The first-order valence-corrected chi connectivity index (χ1v) is 15.0. The number of esters is 1. The normalized spacial score (nSPS) is 48.5. The van der Waals surface area contributed by atoms with E-state index in [-0.39, 0.29) is 69.8 Å². The molecule has 5 aliphatic carbocycles. The molecule has 0 aromatic rings. The number of hydrogen-bond acceptors (Lipinski definition) is 7. The highest BCUT2D eigenvalue weighted by Gasteiger charge is 2.84. The number of rotatable bonds is 7. The van der Waals surface area contributed by atoms with E-state index in [1.807, 2.05) is 6.92 Å². The van der Waals surface area contributed by atoms with Crippen LogP contribution in [-0.4, -0.2) is 57.8 Å². The second kappa shape index (κ2) is 9.22. The molecule has 3 N–H and O–H groups in total. The number of ether oxygens (including phenoxy) is 1. The van der Waals surface area contributed by atoms with E-state index < -0.39 is 35.9 Å². The lowest BCUT2D eigenvalue weighted by atomic mass is 9.42. The molecular weight excluding hydrogens is 496 g/mol. The first kappa shape index (κ1) is 28.9. The van der Waals surface area contributed by atoms with E-state index in [9.17, 15) is 29.7 Å². The molecule has 0 unspecified atom stereocenters. The van der Waals surface area contributed by atoms with Gasteiger partial charge in [-0.2, -0.15) is 0 Å². The Bertz CT molecular complexity index is 1080. The zero-order chi connectivity index (χ0) is 28.9. The van der Waals surface area contributed by atoms with E-state index >= 15 is 0 Å². The molecule has 39 heavy (non-hydrogen) atoms. The number of fused-ring (bicyclic) bond motifs is 2. The summed E-state index contributed by atoms with van der Waals surface area (Å²) in [6.45, 7) is 15.3. The third kappa shape index (κ3) is 3.61. The van der Waals surface area contributed by atoms with E-state index in [0.29, 0.717) is 12.3 Å². The van der Waals surface area contributed by atoms with Gasteiger partial charge in [0.05, 0.1) is 6.10 Å². The summed E-state index contributed by atoms with van der Waals surface area (Å²) in [5, 5.41) is 32.3. The molecule has 0 bridgehead atoms. The third-order valence-electron chi connectivity index (χ3n) is 13.4. The fourth-order valence-corrected chi connectivity index (χ4v) is 11.2. The maximum absolute atomic E-state index is 13.2. The number of aliphatic hydroxyl groups excluding tert-OH is 3. The van der Waals surface area contributed by atoms with Crippen LogP contribution in [0, 0.1) is 57.2 Å². The van der Waals surface area contributed by atoms with Gasteiger partial charge in [-0.25, -0.2) is 0 Å². The maximum Gasteiger partial charge on any atom is 0.302 e. The highest BCUT2D eigenvalue weighted by atomic mass is 16.5. The van der Waals surface area contributed by atoms with Crippen LogP contribution >= 0.6 is 0 Å². The van der Waals surface area contributed by atoms with Crippen LogP contribution in [0.15, 0.2) is 12.2 Å². The molecule has 0 saturated heterocycles. The van der Waals surface area contributed by atoms with Gasteiger partial charge in [0.2, 0.25) is 0 Å². The standard InChI is InChI=1S/C32H48O7/c1-16(14-33)17(2)27(37)28(38)19(4)26-23(39-20(5)34)13-30(7)24-9-8-21-18(3)22(35)12-25(36)32(21)15-31(24,32)11-10-29(26,30)6/h16,18-19,21,23-26,28,33,36,38H,2,8-15H2,1,3-7H3/t16-,18-,19-,21-,23-,24-,25-,26-,28+,29+,30-,31-,32+/m0/s1. The monoisotopic (exact) mass is 544 g/mol. The highest BCUT2D eigenvalue weighted by molar-refractivity contribution is 5.98. The quantitative estimate of drug-likeness (QED) is 0.329. The molecule has 2 spiro atoms. The number of carbonyl (C=O) groups is 3. The first-order valence-electron chi connectivity index (χ1n) is 15.0. The van der Waals surface area contributed by atoms with Crippen LogP contribution in [0.2, 0.25) is 0 Å². The molecule has 5 aliphatic rings. The first-order chi connectivity index (χ1) is 18.1. The summed E-state index contributed by atoms with van der Waals surface area (Å²) in [5.41, 5.74) is -0.534. The molecule has 0 heterocycles.